The standard InChI is InChI=1S/C18H24N2O5S/c1-2-24-15-5-7-16(8-6-15)26(21,22)19-14-17(18-4-3-11-25-18)20-9-12-23-13-10-20/h3-8,11,17,19H,2,9-10,12-14H2,1H3. The van der Waals surface area contributed by atoms with Crippen LogP contribution in [0.3, 0.4) is 0 Å². The first kappa shape index (κ1) is 18.9. The average molecular weight is 380 g/mol. The Kier molecular flexibility index (Phi) is 6.31. The van der Waals surface area contributed by atoms with Crippen molar-refractivity contribution in [3.63, 3.8) is 0 Å². The maximum atomic E-state index is 12.6. The third kappa shape index (κ3) is 4.64. The Morgan fingerprint density at radius 1 is 1.19 bits per heavy atom. The molecule has 1 aromatic heterocycles. The Balaban J connectivity index is 1.70. The molecule has 1 N–H and O–H groups in total. The summed E-state index contributed by atoms with van der Waals surface area (Å²) in [5.74, 6) is 1.38. The molecular formula is C18H24N2O5S. The molecule has 1 aromatic carbocycles. The highest BCUT2D eigenvalue weighted by Gasteiger charge is 2.26. The van der Waals surface area contributed by atoms with Crippen molar-refractivity contribution in [1.82, 2.24) is 9.62 Å². The molecule has 0 radical (unpaired) electrons. The van der Waals surface area contributed by atoms with Crippen LogP contribution in [0, 0.1) is 0 Å². The number of ether oxygens (including phenoxy) is 2. The number of sulfonamides is 1. The van der Waals surface area contributed by atoms with Gasteiger partial charge in [-0.05, 0) is 43.3 Å². The molecule has 3 rings (SSSR count). The highest BCUT2D eigenvalue weighted by atomic mass is 32.2. The average Bonchev–Trinajstić information content (AvgIpc) is 3.18. The maximum absolute atomic E-state index is 12.6. The lowest BCUT2D eigenvalue weighted by Crippen LogP contribution is -2.43. The van der Waals surface area contributed by atoms with Gasteiger partial charge in [-0.1, -0.05) is 0 Å². The summed E-state index contributed by atoms with van der Waals surface area (Å²) in [6.45, 7) is 5.36. The minimum absolute atomic E-state index is 0.175. The summed E-state index contributed by atoms with van der Waals surface area (Å²) in [5.41, 5.74) is 0. The summed E-state index contributed by atoms with van der Waals surface area (Å²) in [4.78, 5) is 2.38. The fourth-order valence-corrected chi connectivity index (χ4v) is 3.97. The van der Waals surface area contributed by atoms with Gasteiger partial charge >= 0.3 is 0 Å². The highest BCUT2D eigenvalue weighted by molar-refractivity contribution is 7.89. The predicted octanol–water partition coefficient (Wildman–Crippen LogP) is 2.03. The van der Waals surface area contributed by atoms with E-state index in [4.69, 9.17) is 13.9 Å². The second-order valence-corrected chi connectivity index (χ2v) is 7.70. The van der Waals surface area contributed by atoms with Crippen molar-refractivity contribution in [2.45, 2.75) is 17.9 Å². The van der Waals surface area contributed by atoms with E-state index in [2.05, 4.69) is 9.62 Å². The zero-order chi connectivity index (χ0) is 18.4. The second-order valence-electron chi connectivity index (χ2n) is 5.94. The van der Waals surface area contributed by atoms with Gasteiger partial charge in [-0.15, -0.1) is 0 Å². The van der Waals surface area contributed by atoms with Crippen molar-refractivity contribution in [1.29, 1.82) is 0 Å². The number of rotatable bonds is 8. The number of benzene rings is 1. The topological polar surface area (TPSA) is 81.0 Å². The molecule has 7 nitrogen and oxygen atoms in total. The van der Waals surface area contributed by atoms with Crippen LogP contribution in [0.15, 0.2) is 52.0 Å². The van der Waals surface area contributed by atoms with Crippen LogP contribution < -0.4 is 9.46 Å². The zero-order valence-corrected chi connectivity index (χ0v) is 15.6. The molecule has 0 spiro atoms. The fraction of sp³-hybridized carbons (Fsp3) is 0.444. The minimum Gasteiger partial charge on any atom is -0.494 e. The van der Waals surface area contributed by atoms with Crippen LogP contribution in [0.4, 0.5) is 0 Å². The van der Waals surface area contributed by atoms with Crippen molar-refractivity contribution in [3.05, 3.63) is 48.4 Å². The highest BCUT2D eigenvalue weighted by Crippen LogP contribution is 2.23. The monoisotopic (exact) mass is 380 g/mol. The summed E-state index contributed by atoms with van der Waals surface area (Å²) in [6, 6.07) is 9.91. The third-order valence-electron chi connectivity index (χ3n) is 4.27. The van der Waals surface area contributed by atoms with Crippen LogP contribution >= 0.6 is 0 Å². The molecule has 142 valence electrons. The maximum Gasteiger partial charge on any atom is 0.240 e. The smallest absolute Gasteiger partial charge is 0.240 e. The van der Waals surface area contributed by atoms with E-state index in [0.717, 1.165) is 18.8 Å². The van der Waals surface area contributed by atoms with Gasteiger partial charge in [0.15, 0.2) is 0 Å². The molecule has 1 aliphatic heterocycles. The van der Waals surface area contributed by atoms with Crippen molar-refractivity contribution in [2.24, 2.45) is 0 Å². The van der Waals surface area contributed by atoms with E-state index >= 15 is 0 Å². The van der Waals surface area contributed by atoms with Gasteiger partial charge in [0.1, 0.15) is 11.5 Å². The van der Waals surface area contributed by atoms with Crippen LogP contribution in [0.5, 0.6) is 5.75 Å². The molecule has 0 aliphatic carbocycles. The molecule has 0 amide bonds. The van der Waals surface area contributed by atoms with Crippen LogP contribution in [0.25, 0.3) is 0 Å². The normalized spacial score (nSPS) is 17.1. The molecule has 2 aromatic rings. The Morgan fingerprint density at radius 2 is 1.92 bits per heavy atom. The largest absolute Gasteiger partial charge is 0.494 e. The van der Waals surface area contributed by atoms with Crippen molar-refractivity contribution in [2.75, 3.05) is 39.5 Å². The number of nitrogens with one attached hydrogen (secondary N) is 1. The van der Waals surface area contributed by atoms with Crippen LogP contribution in [0.1, 0.15) is 18.7 Å². The molecule has 0 saturated carbocycles. The number of morpholine rings is 1. The molecule has 1 fully saturated rings. The van der Waals surface area contributed by atoms with Gasteiger partial charge in [-0.3, -0.25) is 4.90 Å². The van der Waals surface area contributed by atoms with Crippen molar-refractivity contribution >= 4 is 10.0 Å². The zero-order valence-electron chi connectivity index (χ0n) is 14.8. The molecule has 1 unspecified atom stereocenters. The second kappa shape index (κ2) is 8.68. The van der Waals surface area contributed by atoms with E-state index in [1.807, 2.05) is 19.1 Å². The Bertz CT molecular complexity index is 768. The predicted molar refractivity (Wildman–Crippen MR) is 96.6 cm³/mol. The van der Waals surface area contributed by atoms with E-state index in [0.29, 0.717) is 25.6 Å². The quantitative estimate of drug-likeness (QED) is 0.755. The van der Waals surface area contributed by atoms with Crippen molar-refractivity contribution < 1.29 is 22.3 Å². The van der Waals surface area contributed by atoms with Gasteiger partial charge in [0.05, 0.1) is 37.0 Å². The first-order valence-electron chi connectivity index (χ1n) is 8.68. The van der Waals surface area contributed by atoms with Gasteiger partial charge in [-0.25, -0.2) is 13.1 Å². The Morgan fingerprint density at radius 3 is 2.54 bits per heavy atom. The summed E-state index contributed by atoms with van der Waals surface area (Å²) < 4.78 is 44.2. The first-order valence-corrected chi connectivity index (χ1v) is 10.2. The van der Waals surface area contributed by atoms with E-state index in [1.54, 1.807) is 30.5 Å². The van der Waals surface area contributed by atoms with Crippen LogP contribution in [-0.4, -0.2) is 52.8 Å². The molecule has 2 heterocycles. The minimum atomic E-state index is -3.62. The lowest BCUT2D eigenvalue weighted by molar-refractivity contribution is 0.0128. The summed E-state index contributed by atoms with van der Waals surface area (Å²) >= 11 is 0. The summed E-state index contributed by atoms with van der Waals surface area (Å²) in [5, 5.41) is 0. The molecule has 1 saturated heterocycles. The molecule has 8 heteroatoms. The molecule has 0 bridgehead atoms. The van der Waals surface area contributed by atoms with E-state index in [9.17, 15) is 8.42 Å². The number of hydrogen-bond acceptors (Lipinski definition) is 6. The Labute approximate surface area is 153 Å². The third-order valence-corrected chi connectivity index (χ3v) is 5.71. The lowest BCUT2D eigenvalue weighted by Gasteiger charge is -2.33. The van der Waals surface area contributed by atoms with Crippen LogP contribution in [0.2, 0.25) is 0 Å². The molecule has 1 atom stereocenters. The number of furan rings is 1. The van der Waals surface area contributed by atoms with E-state index in [1.165, 1.54) is 0 Å². The summed E-state index contributed by atoms with van der Waals surface area (Å²) in [6.07, 6.45) is 1.60. The lowest BCUT2D eigenvalue weighted by atomic mass is 10.2. The van der Waals surface area contributed by atoms with Gasteiger partial charge in [0, 0.05) is 19.6 Å². The number of nitrogens with zero attached hydrogens (tertiary/aromatic N) is 1. The molecule has 26 heavy (non-hydrogen) atoms. The SMILES string of the molecule is CCOc1ccc(S(=O)(=O)NCC(c2ccco2)N2CCOCC2)cc1. The van der Waals surface area contributed by atoms with Gasteiger partial charge in [-0.2, -0.15) is 0 Å². The first-order chi connectivity index (χ1) is 12.6. The molecule has 1 aliphatic rings. The van der Waals surface area contributed by atoms with Gasteiger partial charge in [0.2, 0.25) is 10.0 Å². The van der Waals surface area contributed by atoms with Crippen LogP contribution in [-0.2, 0) is 14.8 Å². The van der Waals surface area contributed by atoms with Gasteiger partial charge < -0.3 is 13.9 Å². The van der Waals surface area contributed by atoms with Crippen molar-refractivity contribution in [3.8, 4) is 5.75 Å². The van der Waals surface area contributed by atoms with E-state index < -0.39 is 10.0 Å². The van der Waals surface area contributed by atoms with Gasteiger partial charge in [0.25, 0.3) is 0 Å². The Hall–Kier alpha value is -1.87. The van der Waals surface area contributed by atoms with E-state index in [-0.39, 0.29) is 17.5 Å². The molecular weight excluding hydrogens is 356 g/mol. The summed E-state index contributed by atoms with van der Waals surface area (Å²) in [7, 11) is -3.62. The fourth-order valence-electron chi connectivity index (χ4n) is 2.93. The number of hydrogen-bond donors (Lipinski definition) is 1.